The molecule has 1 N–H and O–H groups in total. The zero-order valence-electron chi connectivity index (χ0n) is 25.8. The van der Waals surface area contributed by atoms with Crippen LogP contribution in [0.15, 0.2) is 12.2 Å². The van der Waals surface area contributed by atoms with E-state index in [0.717, 1.165) is 0 Å². The van der Waals surface area contributed by atoms with Crippen molar-refractivity contribution < 1.29 is 65.7 Å². The quantitative estimate of drug-likeness (QED) is 0.0566. The minimum atomic E-state index is -4.94. The first-order valence-corrected chi connectivity index (χ1v) is 15.0. The number of rotatable bonds is 24. The molecule has 0 fully saturated rings. The normalized spacial score (nSPS) is 14.7. The van der Waals surface area contributed by atoms with Gasteiger partial charge in [-0.15, -0.1) is 0 Å². The molecule has 0 radical (unpaired) electrons. The number of hydrogen-bond acceptors (Lipinski definition) is 12. The molecule has 0 saturated carbocycles. The number of carbonyl (C=O) groups is 1. The van der Waals surface area contributed by atoms with Crippen molar-refractivity contribution in [3.8, 4) is 0 Å². The Bertz CT molecular complexity index is 773. The predicted octanol–water partition coefficient (Wildman–Crippen LogP) is 3.14. The third-order valence-electron chi connectivity index (χ3n) is 4.81. The smallest absolute Gasteiger partial charge is 0.398 e. The van der Waals surface area contributed by atoms with Gasteiger partial charge < -0.3 is 47.3 Å². The molecular weight excluding hydrogens is 553 g/mol. The summed E-state index contributed by atoms with van der Waals surface area (Å²) < 4.78 is 69.9. The second-order valence-electron chi connectivity index (χ2n) is 8.97. The molecule has 14 nitrogen and oxygen atoms in total. The van der Waals surface area contributed by atoms with Crippen molar-refractivity contribution in [3.05, 3.63) is 12.2 Å². The minimum Gasteiger partial charge on any atom is -0.398 e. The molecule has 1 atom stereocenters. The van der Waals surface area contributed by atoms with Gasteiger partial charge in [0, 0.05) is 19.8 Å². The Hall–Kier alpha value is -1.00. The molecule has 0 aromatic heterocycles. The highest BCUT2D eigenvalue weighted by Gasteiger charge is 2.66. The third kappa shape index (κ3) is 11.3. The topological polar surface area (TPSA) is 147 Å². The summed E-state index contributed by atoms with van der Waals surface area (Å²) in [4.78, 5) is 24.3. The third-order valence-corrected chi connectivity index (χ3v) is 5.79. The van der Waals surface area contributed by atoms with E-state index in [4.69, 9.17) is 46.9 Å². The fraction of sp³-hybridized carbons (Fsp3) is 0.880. The average Bonchev–Trinajstić information content (AvgIpc) is 2.83. The highest BCUT2D eigenvalue weighted by Crippen LogP contribution is 2.52. The van der Waals surface area contributed by atoms with Crippen molar-refractivity contribution in [2.45, 2.75) is 66.4 Å². The number of carbonyl (C=O) groups excluding carboxylic acids is 1. The molecule has 0 bridgehead atoms. The number of ether oxygens (including phenoxy) is 8. The summed E-state index contributed by atoms with van der Waals surface area (Å²) in [5.74, 6) is -8.60. The van der Waals surface area contributed by atoms with Gasteiger partial charge in [0.1, 0.15) is 18.7 Å². The number of nitrogens with zero attached hydrogens (tertiary/aromatic N) is 1. The highest BCUT2D eigenvalue weighted by molar-refractivity contribution is 7.47. The summed E-state index contributed by atoms with van der Waals surface area (Å²) in [6.07, 6.45) is 0. The first-order valence-electron chi connectivity index (χ1n) is 13.5. The number of likely N-dealkylation sites (N-methyl/N-ethyl adjacent to an activating group) is 1. The number of phosphoric acid groups is 1. The van der Waals surface area contributed by atoms with Crippen LogP contribution in [-0.2, 0) is 56.3 Å². The van der Waals surface area contributed by atoms with E-state index < -0.39 is 37.3 Å². The lowest BCUT2D eigenvalue weighted by molar-refractivity contribution is -0.870. The molecule has 0 aromatic carbocycles. The van der Waals surface area contributed by atoms with Gasteiger partial charge in [-0.1, -0.05) is 6.58 Å². The Morgan fingerprint density at radius 2 is 1.10 bits per heavy atom. The van der Waals surface area contributed by atoms with Crippen molar-refractivity contribution in [3.63, 3.8) is 0 Å². The molecule has 0 aliphatic heterocycles. The van der Waals surface area contributed by atoms with Crippen LogP contribution in [0.2, 0.25) is 0 Å². The zero-order valence-corrected chi connectivity index (χ0v) is 26.7. The molecule has 0 aliphatic carbocycles. The van der Waals surface area contributed by atoms with Gasteiger partial charge in [-0.05, 0) is 48.5 Å². The number of hydrogen-bond donors (Lipinski definition) is 1. The second-order valence-corrected chi connectivity index (χ2v) is 10.4. The van der Waals surface area contributed by atoms with Crippen LogP contribution in [0.4, 0.5) is 0 Å². The molecule has 0 aromatic rings. The van der Waals surface area contributed by atoms with Crippen LogP contribution >= 0.6 is 7.82 Å². The van der Waals surface area contributed by atoms with Crippen molar-refractivity contribution in [1.82, 2.24) is 0 Å². The maximum atomic E-state index is 13.6. The van der Waals surface area contributed by atoms with E-state index in [1.54, 1.807) is 48.5 Å². The van der Waals surface area contributed by atoms with E-state index in [-0.39, 0.29) is 52.9 Å². The maximum absolute atomic E-state index is 13.6. The molecule has 0 spiro atoms. The molecule has 1 unspecified atom stereocenters. The first kappa shape index (κ1) is 39.0. The van der Waals surface area contributed by atoms with Crippen molar-refractivity contribution in [1.29, 1.82) is 0 Å². The fourth-order valence-electron chi connectivity index (χ4n) is 3.30. The molecular formula is C25H51NO13P+. The van der Waals surface area contributed by atoms with Gasteiger partial charge in [0.2, 0.25) is 0 Å². The maximum Gasteiger partial charge on any atom is 0.477 e. The lowest BCUT2D eigenvalue weighted by atomic mass is 10.2. The summed E-state index contributed by atoms with van der Waals surface area (Å²) in [5.41, 5.74) is -0.407. The number of phosphoric ester groups is 1. The lowest BCUT2D eigenvalue weighted by Crippen LogP contribution is -2.65. The summed E-state index contributed by atoms with van der Waals surface area (Å²) in [5, 5.41) is 0. The van der Waals surface area contributed by atoms with E-state index in [9.17, 15) is 14.3 Å². The van der Waals surface area contributed by atoms with Crippen LogP contribution in [0.5, 0.6) is 0 Å². The monoisotopic (exact) mass is 604 g/mol. The molecule has 0 amide bonds. The summed E-state index contributed by atoms with van der Waals surface area (Å²) in [6.45, 7) is 15.0. The van der Waals surface area contributed by atoms with Gasteiger partial charge in [0.05, 0.1) is 47.6 Å². The summed E-state index contributed by atoms with van der Waals surface area (Å²) >= 11 is 0. The molecule has 238 valence electrons. The summed E-state index contributed by atoms with van der Waals surface area (Å²) in [7, 11) is 0.699. The zero-order chi connectivity index (χ0) is 31.1. The van der Waals surface area contributed by atoms with Gasteiger partial charge in [-0.3, -0.25) is 4.52 Å². The van der Waals surface area contributed by atoms with Crippen molar-refractivity contribution in [2.24, 2.45) is 0 Å². The second kappa shape index (κ2) is 17.8. The van der Waals surface area contributed by atoms with Crippen LogP contribution in [0.25, 0.3) is 0 Å². The standard InChI is InChI=1S/C25H50NO13P/c1-12-30-23(31-13-2,32-14-3)21(8)22(27)38-24(33-15-4,34-16-5)25(35-17-6,36-18-7)39-40(28,29)37-20-19-26(9,10)11/h8,12-20H2,1-7,9-11H3/p+1. The van der Waals surface area contributed by atoms with Crippen LogP contribution < -0.4 is 0 Å². The molecule has 0 aliphatic rings. The van der Waals surface area contributed by atoms with Gasteiger partial charge in [0.15, 0.2) is 0 Å². The Morgan fingerprint density at radius 3 is 1.45 bits per heavy atom. The largest absolute Gasteiger partial charge is 0.477 e. The minimum absolute atomic E-state index is 0.0949. The summed E-state index contributed by atoms with van der Waals surface area (Å²) in [6, 6.07) is 0. The Labute approximate surface area is 238 Å². The van der Waals surface area contributed by atoms with Crippen molar-refractivity contribution in [2.75, 3.05) is 80.5 Å². The van der Waals surface area contributed by atoms with Crippen LogP contribution in [0.3, 0.4) is 0 Å². The van der Waals surface area contributed by atoms with E-state index in [2.05, 4.69) is 6.58 Å². The Kier molecular flexibility index (Phi) is 17.4. The van der Waals surface area contributed by atoms with Gasteiger partial charge in [-0.2, -0.15) is 0 Å². The molecule has 40 heavy (non-hydrogen) atoms. The van der Waals surface area contributed by atoms with E-state index in [0.29, 0.717) is 11.0 Å². The predicted molar refractivity (Wildman–Crippen MR) is 145 cm³/mol. The van der Waals surface area contributed by atoms with Crippen LogP contribution in [0, 0.1) is 0 Å². The average molecular weight is 605 g/mol. The molecule has 0 saturated heterocycles. The van der Waals surface area contributed by atoms with Crippen LogP contribution in [-0.4, -0.2) is 114 Å². The van der Waals surface area contributed by atoms with Gasteiger partial charge in [0.25, 0.3) is 0 Å². The van der Waals surface area contributed by atoms with Crippen molar-refractivity contribution >= 4 is 13.8 Å². The Balaban J connectivity index is 6.80. The Morgan fingerprint density at radius 1 is 0.725 bits per heavy atom. The fourth-order valence-corrected chi connectivity index (χ4v) is 4.19. The highest BCUT2D eigenvalue weighted by atomic mass is 31.2. The molecule has 0 rings (SSSR count). The molecule has 15 heteroatoms. The SMILES string of the molecule is C=C(C(=O)OC(OCC)(OCC)C(OCC)(OCC)OP(=O)(O)OCC[N+](C)(C)C)C(OCC)(OCC)OCC. The van der Waals surface area contributed by atoms with Gasteiger partial charge in [-0.25, -0.2) is 13.9 Å². The van der Waals surface area contributed by atoms with E-state index in [1.165, 1.54) is 0 Å². The number of quaternary nitrogens is 1. The van der Waals surface area contributed by atoms with Crippen LogP contribution in [0.1, 0.15) is 48.5 Å². The van der Waals surface area contributed by atoms with E-state index in [1.807, 2.05) is 21.1 Å². The lowest BCUT2D eigenvalue weighted by Gasteiger charge is -2.45. The van der Waals surface area contributed by atoms with E-state index >= 15 is 0 Å². The van der Waals surface area contributed by atoms with Gasteiger partial charge >= 0.3 is 31.7 Å². The molecule has 0 heterocycles. The number of esters is 1. The first-order chi connectivity index (χ1) is 18.6.